The predicted octanol–water partition coefficient (Wildman–Crippen LogP) is 1.99. The summed E-state index contributed by atoms with van der Waals surface area (Å²) in [5.74, 6) is 0.428. The largest absolute Gasteiger partial charge is 0.330 e. The Kier molecular flexibility index (Phi) is 3.77. The lowest BCUT2D eigenvalue weighted by Crippen LogP contribution is -2.04. The molecule has 1 atom stereocenters. The van der Waals surface area contributed by atoms with Gasteiger partial charge in [-0.1, -0.05) is 6.92 Å². The molecule has 0 aromatic carbocycles. The summed E-state index contributed by atoms with van der Waals surface area (Å²) in [7, 11) is 0. The van der Waals surface area contributed by atoms with Gasteiger partial charge in [-0.3, -0.25) is 4.98 Å². The molecule has 2 aromatic rings. The van der Waals surface area contributed by atoms with Crippen LogP contribution in [-0.4, -0.2) is 21.5 Å². The van der Waals surface area contributed by atoms with Crippen molar-refractivity contribution in [1.82, 2.24) is 15.0 Å². The highest BCUT2D eigenvalue weighted by Crippen LogP contribution is 2.23. The number of rotatable bonds is 4. The summed E-state index contributed by atoms with van der Waals surface area (Å²) in [6.45, 7) is 2.86. The lowest BCUT2D eigenvalue weighted by atomic mass is 9.97. The quantitative estimate of drug-likeness (QED) is 0.869. The molecule has 2 aromatic heterocycles. The van der Waals surface area contributed by atoms with Crippen LogP contribution in [-0.2, 0) is 0 Å². The second kappa shape index (κ2) is 5.50. The van der Waals surface area contributed by atoms with Crippen LogP contribution in [0, 0.1) is 0 Å². The molecule has 0 amide bonds. The molecule has 0 saturated carbocycles. The van der Waals surface area contributed by atoms with E-state index < -0.39 is 0 Å². The molecule has 4 nitrogen and oxygen atoms in total. The van der Waals surface area contributed by atoms with Crippen molar-refractivity contribution in [3.8, 4) is 11.1 Å². The lowest BCUT2D eigenvalue weighted by molar-refractivity contribution is 0.687. The average Bonchev–Trinajstić information content (AvgIpc) is 2.40. The number of hydrogen-bond donors (Lipinski definition) is 1. The molecule has 17 heavy (non-hydrogen) atoms. The van der Waals surface area contributed by atoms with E-state index in [1.165, 1.54) is 11.9 Å². The van der Waals surface area contributed by atoms with Crippen molar-refractivity contribution in [2.75, 3.05) is 6.54 Å². The Hall–Kier alpha value is -1.81. The van der Waals surface area contributed by atoms with Gasteiger partial charge in [-0.2, -0.15) is 0 Å². The van der Waals surface area contributed by atoms with Crippen LogP contribution in [0.3, 0.4) is 0 Å². The Balaban J connectivity index is 2.29. The summed E-state index contributed by atoms with van der Waals surface area (Å²) in [6, 6.07) is 2.13. The molecule has 4 heteroatoms. The fourth-order valence-corrected chi connectivity index (χ4v) is 1.75. The molecule has 2 N–H and O–H groups in total. The van der Waals surface area contributed by atoms with Gasteiger partial charge in [0.2, 0.25) is 0 Å². The maximum Gasteiger partial charge on any atom is 0.115 e. The fraction of sp³-hybridized carbons (Fsp3) is 0.308. The molecule has 0 aliphatic rings. The zero-order chi connectivity index (χ0) is 12.1. The molecule has 0 fully saturated rings. The lowest BCUT2D eigenvalue weighted by Gasteiger charge is -2.11. The highest BCUT2D eigenvalue weighted by molar-refractivity contribution is 5.60. The summed E-state index contributed by atoms with van der Waals surface area (Å²) in [4.78, 5) is 12.3. The average molecular weight is 228 g/mol. The van der Waals surface area contributed by atoms with Crippen molar-refractivity contribution < 1.29 is 0 Å². The highest BCUT2D eigenvalue weighted by Gasteiger charge is 2.07. The van der Waals surface area contributed by atoms with Crippen molar-refractivity contribution in [1.29, 1.82) is 0 Å². The summed E-state index contributed by atoms with van der Waals surface area (Å²) in [5.41, 5.74) is 8.82. The number of pyridine rings is 1. The topological polar surface area (TPSA) is 64.7 Å². The minimum absolute atomic E-state index is 0.428. The van der Waals surface area contributed by atoms with Crippen molar-refractivity contribution >= 4 is 0 Å². The first kappa shape index (κ1) is 11.7. The Morgan fingerprint density at radius 2 is 1.76 bits per heavy atom. The van der Waals surface area contributed by atoms with E-state index in [0.29, 0.717) is 12.5 Å². The van der Waals surface area contributed by atoms with Gasteiger partial charge in [0.15, 0.2) is 0 Å². The Morgan fingerprint density at radius 1 is 1.06 bits per heavy atom. The van der Waals surface area contributed by atoms with Gasteiger partial charge >= 0.3 is 0 Å². The third kappa shape index (κ3) is 2.85. The molecule has 1 unspecified atom stereocenters. The summed E-state index contributed by atoms with van der Waals surface area (Å²) >= 11 is 0. The van der Waals surface area contributed by atoms with Crippen LogP contribution in [0.25, 0.3) is 11.1 Å². The zero-order valence-electron chi connectivity index (χ0n) is 9.87. The van der Waals surface area contributed by atoms with E-state index in [9.17, 15) is 0 Å². The first-order chi connectivity index (χ1) is 8.31. The van der Waals surface area contributed by atoms with Crippen LogP contribution >= 0.6 is 0 Å². The van der Waals surface area contributed by atoms with Crippen molar-refractivity contribution in [2.24, 2.45) is 5.73 Å². The summed E-state index contributed by atoms with van der Waals surface area (Å²) < 4.78 is 0. The van der Waals surface area contributed by atoms with E-state index in [0.717, 1.165) is 17.5 Å². The fourth-order valence-electron chi connectivity index (χ4n) is 1.75. The van der Waals surface area contributed by atoms with Crippen LogP contribution in [0.5, 0.6) is 0 Å². The normalized spacial score (nSPS) is 12.4. The van der Waals surface area contributed by atoms with Crippen LogP contribution in [0.15, 0.2) is 37.2 Å². The molecule has 0 spiro atoms. The van der Waals surface area contributed by atoms with E-state index in [1.807, 2.05) is 12.4 Å². The summed E-state index contributed by atoms with van der Waals surface area (Å²) in [6.07, 6.45) is 9.81. The Labute approximate surface area is 101 Å². The molecule has 0 aliphatic carbocycles. The van der Waals surface area contributed by atoms with Gasteiger partial charge in [0.25, 0.3) is 0 Å². The predicted molar refractivity (Wildman–Crippen MR) is 67.3 cm³/mol. The first-order valence-electron chi connectivity index (χ1n) is 5.71. The Morgan fingerprint density at radius 3 is 2.47 bits per heavy atom. The molecule has 0 radical (unpaired) electrons. The van der Waals surface area contributed by atoms with Crippen LogP contribution in [0.4, 0.5) is 0 Å². The van der Waals surface area contributed by atoms with E-state index in [4.69, 9.17) is 5.73 Å². The smallest absolute Gasteiger partial charge is 0.115 e. The van der Waals surface area contributed by atoms with Crippen molar-refractivity contribution in [2.45, 2.75) is 19.3 Å². The van der Waals surface area contributed by atoms with E-state index in [-0.39, 0.29) is 0 Å². The zero-order valence-corrected chi connectivity index (χ0v) is 9.87. The van der Waals surface area contributed by atoms with Crippen molar-refractivity contribution in [3.63, 3.8) is 0 Å². The standard InChI is InChI=1S/C13H16N4/c1-10(2-3-14)11-4-12(6-15-5-11)13-7-16-9-17-8-13/h4-10H,2-3,14H2,1H3. The second-order valence-electron chi connectivity index (χ2n) is 4.11. The van der Waals surface area contributed by atoms with Gasteiger partial charge in [-0.15, -0.1) is 0 Å². The van der Waals surface area contributed by atoms with Gasteiger partial charge in [-0.25, -0.2) is 9.97 Å². The minimum Gasteiger partial charge on any atom is -0.330 e. The highest BCUT2D eigenvalue weighted by atomic mass is 14.8. The van der Waals surface area contributed by atoms with Crippen LogP contribution in [0.1, 0.15) is 24.8 Å². The van der Waals surface area contributed by atoms with E-state index in [1.54, 1.807) is 12.4 Å². The molecule has 0 saturated heterocycles. The van der Waals surface area contributed by atoms with Crippen LogP contribution < -0.4 is 5.73 Å². The molecule has 0 aliphatic heterocycles. The van der Waals surface area contributed by atoms with E-state index >= 15 is 0 Å². The Bertz CT molecular complexity index is 470. The third-order valence-electron chi connectivity index (χ3n) is 2.82. The maximum atomic E-state index is 5.58. The SMILES string of the molecule is CC(CCN)c1cncc(-c2cncnc2)c1. The monoisotopic (exact) mass is 228 g/mol. The van der Waals surface area contributed by atoms with Crippen LogP contribution in [0.2, 0.25) is 0 Å². The summed E-state index contributed by atoms with van der Waals surface area (Å²) in [5, 5.41) is 0. The van der Waals surface area contributed by atoms with Gasteiger partial charge in [-0.05, 0) is 30.5 Å². The first-order valence-corrected chi connectivity index (χ1v) is 5.71. The van der Waals surface area contributed by atoms with E-state index in [2.05, 4.69) is 27.9 Å². The molecule has 88 valence electrons. The molecular formula is C13H16N4. The number of aromatic nitrogens is 3. The number of hydrogen-bond acceptors (Lipinski definition) is 4. The molecule has 2 heterocycles. The van der Waals surface area contributed by atoms with Crippen molar-refractivity contribution in [3.05, 3.63) is 42.7 Å². The van der Waals surface area contributed by atoms with Gasteiger partial charge in [0.1, 0.15) is 6.33 Å². The number of nitrogens with two attached hydrogens (primary N) is 1. The van der Waals surface area contributed by atoms with Gasteiger partial charge in [0.05, 0.1) is 0 Å². The molecule has 2 rings (SSSR count). The molecular weight excluding hydrogens is 212 g/mol. The molecule has 0 bridgehead atoms. The number of nitrogens with zero attached hydrogens (tertiary/aromatic N) is 3. The third-order valence-corrected chi connectivity index (χ3v) is 2.82. The minimum atomic E-state index is 0.428. The van der Waals surface area contributed by atoms with Gasteiger partial charge in [0, 0.05) is 35.9 Å². The maximum absolute atomic E-state index is 5.58. The second-order valence-corrected chi connectivity index (χ2v) is 4.11. The van der Waals surface area contributed by atoms with Gasteiger partial charge < -0.3 is 5.73 Å².